The Hall–Kier alpha value is -1.07. The second kappa shape index (κ2) is 10.8. The van der Waals surface area contributed by atoms with Gasteiger partial charge in [0.1, 0.15) is 10.6 Å². The van der Waals surface area contributed by atoms with Crippen molar-refractivity contribution in [2.24, 2.45) is 0 Å². The Kier molecular flexibility index (Phi) is 10.4. The Labute approximate surface area is 156 Å². The summed E-state index contributed by atoms with van der Waals surface area (Å²) in [6.07, 6.45) is 0.953. The zero-order valence-corrected chi connectivity index (χ0v) is 17.0. The largest absolute Gasteiger partial charge is 0.497 e. The average Bonchev–Trinajstić information content (AvgIpc) is 2.54. The van der Waals surface area contributed by atoms with Crippen LogP contribution in [0.2, 0.25) is 0 Å². The first-order valence-corrected chi connectivity index (χ1v) is 10.8. The van der Waals surface area contributed by atoms with E-state index in [-0.39, 0.29) is 35.3 Å². The zero-order valence-electron chi connectivity index (χ0n) is 14.5. The van der Waals surface area contributed by atoms with Crippen LogP contribution in [0.15, 0.2) is 23.1 Å². The number of ether oxygens (including phenoxy) is 1. The van der Waals surface area contributed by atoms with E-state index in [1.807, 2.05) is 6.92 Å². The predicted octanol–water partition coefficient (Wildman–Crippen LogP) is 1.16. The molecule has 0 aliphatic rings. The summed E-state index contributed by atoms with van der Waals surface area (Å²) in [7, 11) is -6.06. The summed E-state index contributed by atoms with van der Waals surface area (Å²) in [5, 5.41) is 3.08. The number of rotatable bonds is 11. The Balaban J connectivity index is 0.00000576. The summed E-state index contributed by atoms with van der Waals surface area (Å²) in [6, 6.07) is 4.12. The summed E-state index contributed by atoms with van der Waals surface area (Å²) >= 11 is 0. The number of anilines is 1. The molecule has 1 rings (SSSR count). The van der Waals surface area contributed by atoms with Crippen molar-refractivity contribution in [1.82, 2.24) is 10.0 Å². The molecular formula is C14H26ClN3O5S2. The molecule has 0 aromatic heterocycles. The van der Waals surface area contributed by atoms with Crippen LogP contribution < -0.4 is 19.5 Å². The van der Waals surface area contributed by atoms with Crippen LogP contribution in [0.3, 0.4) is 0 Å². The van der Waals surface area contributed by atoms with E-state index in [2.05, 4.69) is 14.8 Å². The van der Waals surface area contributed by atoms with Crippen molar-refractivity contribution in [3.8, 4) is 5.75 Å². The maximum absolute atomic E-state index is 12.4. The van der Waals surface area contributed by atoms with Gasteiger partial charge in [-0.25, -0.2) is 21.6 Å². The van der Waals surface area contributed by atoms with Gasteiger partial charge >= 0.3 is 0 Å². The van der Waals surface area contributed by atoms with Crippen molar-refractivity contribution >= 4 is 38.1 Å². The molecule has 0 fully saturated rings. The van der Waals surface area contributed by atoms with E-state index in [0.29, 0.717) is 12.3 Å². The van der Waals surface area contributed by atoms with Gasteiger partial charge in [0.15, 0.2) is 0 Å². The molecule has 1 aromatic carbocycles. The van der Waals surface area contributed by atoms with E-state index in [9.17, 15) is 16.8 Å². The number of methoxy groups -OCH3 is 1. The molecule has 0 heterocycles. The Bertz CT molecular complexity index is 739. The molecule has 0 saturated carbocycles. The lowest BCUT2D eigenvalue weighted by Gasteiger charge is -2.14. The van der Waals surface area contributed by atoms with Crippen molar-refractivity contribution < 1.29 is 21.6 Å². The maximum atomic E-state index is 12.4. The number of nitrogens with one attached hydrogen (secondary N) is 3. The quantitative estimate of drug-likeness (QED) is 0.467. The molecule has 0 atom stereocenters. The standard InChI is InChI=1S/C14H25N3O5S2.ClH/c1-4-8-15-9-10-16-24(20,21)14-7-6-12(22-3)11-13(14)17-23(18,19)5-2;/h6-7,11,15-17H,4-5,8-10H2,1-3H3;1H. The van der Waals surface area contributed by atoms with E-state index in [1.54, 1.807) is 0 Å². The number of hydrogen-bond acceptors (Lipinski definition) is 6. The first-order chi connectivity index (χ1) is 11.3. The van der Waals surface area contributed by atoms with Crippen LogP contribution in [0.5, 0.6) is 5.75 Å². The normalized spacial score (nSPS) is 11.6. The third kappa shape index (κ3) is 7.78. The van der Waals surface area contributed by atoms with Crippen molar-refractivity contribution in [2.45, 2.75) is 25.2 Å². The van der Waals surface area contributed by atoms with E-state index in [4.69, 9.17) is 4.74 Å². The Morgan fingerprint density at radius 1 is 1.04 bits per heavy atom. The van der Waals surface area contributed by atoms with Gasteiger partial charge in [-0.2, -0.15) is 0 Å². The third-order valence-electron chi connectivity index (χ3n) is 3.14. The molecule has 0 aliphatic carbocycles. The van der Waals surface area contributed by atoms with Gasteiger partial charge in [-0.15, -0.1) is 12.4 Å². The van der Waals surface area contributed by atoms with Crippen LogP contribution in [0.4, 0.5) is 5.69 Å². The second-order valence-electron chi connectivity index (χ2n) is 5.02. The second-order valence-corrected chi connectivity index (χ2v) is 8.76. The fraction of sp³-hybridized carbons (Fsp3) is 0.571. The number of halogens is 1. The Morgan fingerprint density at radius 3 is 2.28 bits per heavy atom. The molecule has 0 radical (unpaired) electrons. The summed E-state index contributed by atoms with van der Waals surface area (Å²) in [4.78, 5) is -0.143. The molecule has 0 bridgehead atoms. The molecule has 146 valence electrons. The molecule has 0 aliphatic heterocycles. The first kappa shape index (κ1) is 23.9. The van der Waals surface area contributed by atoms with E-state index in [1.165, 1.54) is 32.2 Å². The van der Waals surface area contributed by atoms with Crippen molar-refractivity contribution in [3.05, 3.63) is 18.2 Å². The van der Waals surface area contributed by atoms with Crippen molar-refractivity contribution in [3.63, 3.8) is 0 Å². The van der Waals surface area contributed by atoms with Crippen LogP contribution in [-0.2, 0) is 20.0 Å². The highest BCUT2D eigenvalue weighted by Crippen LogP contribution is 2.27. The number of sulfonamides is 2. The molecule has 0 spiro atoms. The molecule has 8 nitrogen and oxygen atoms in total. The minimum atomic E-state index is -3.86. The summed E-state index contributed by atoms with van der Waals surface area (Å²) in [5.41, 5.74) is -0.0368. The van der Waals surface area contributed by atoms with Gasteiger partial charge in [0, 0.05) is 19.2 Å². The molecule has 0 unspecified atom stereocenters. The van der Waals surface area contributed by atoms with E-state index in [0.717, 1.165) is 13.0 Å². The van der Waals surface area contributed by atoms with Crippen LogP contribution in [-0.4, -0.2) is 49.3 Å². The number of benzene rings is 1. The molecular weight excluding hydrogens is 390 g/mol. The van der Waals surface area contributed by atoms with Crippen LogP contribution in [0.1, 0.15) is 20.3 Å². The maximum Gasteiger partial charge on any atom is 0.242 e. The van der Waals surface area contributed by atoms with Gasteiger partial charge in [0.25, 0.3) is 0 Å². The lowest BCUT2D eigenvalue weighted by Crippen LogP contribution is -2.32. The molecule has 0 saturated heterocycles. The molecule has 25 heavy (non-hydrogen) atoms. The minimum absolute atomic E-state index is 0. The van der Waals surface area contributed by atoms with E-state index >= 15 is 0 Å². The highest BCUT2D eigenvalue weighted by Gasteiger charge is 2.21. The summed E-state index contributed by atoms with van der Waals surface area (Å²) < 4.78 is 58.3. The average molecular weight is 416 g/mol. The summed E-state index contributed by atoms with van der Waals surface area (Å²) in [6.45, 7) is 4.97. The molecule has 0 amide bonds. The molecule has 3 N–H and O–H groups in total. The van der Waals surface area contributed by atoms with Crippen LogP contribution in [0, 0.1) is 0 Å². The monoisotopic (exact) mass is 415 g/mol. The van der Waals surface area contributed by atoms with Gasteiger partial charge < -0.3 is 10.1 Å². The lowest BCUT2D eigenvalue weighted by atomic mass is 10.3. The SMILES string of the molecule is CCCNCCNS(=O)(=O)c1ccc(OC)cc1NS(=O)(=O)CC.Cl. The zero-order chi connectivity index (χ0) is 18.2. The topological polar surface area (TPSA) is 114 Å². The molecule has 11 heteroatoms. The summed E-state index contributed by atoms with van der Waals surface area (Å²) in [5.74, 6) is 0.185. The highest BCUT2D eigenvalue weighted by molar-refractivity contribution is 7.93. The third-order valence-corrected chi connectivity index (χ3v) is 5.95. The van der Waals surface area contributed by atoms with Crippen molar-refractivity contribution in [1.29, 1.82) is 0 Å². The highest BCUT2D eigenvalue weighted by atomic mass is 35.5. The van der Waals surface area contributed by atoms with E-state index < -0.39 is 20.0 Å². The predicted molar refractivity (Wildman–Crippen MR) is 102 cm³/mol. The van der Waals surface area contributed by atoms with Crippen molar-refractivity contribution in [2.75, 3.05) is 37.2 Å². The Morgan fingerprint density at radius 2 is 1.72 bits per heavy atom. The smallest absolute Gasteiger partial charge is 0.242 e. The first-order valence-electron chi connectivity index (χ1n) is 7.64. The molecule has 1 aromatic rings. The number of hydrogen-bond donors (Lipinski definition) is 3. The van der Waals surface area contributed by atoms with Gasteiger partial charge in [-0.3, -0.25) is 4.72 Å². The van der Waals surface area contributed by atoms with Gasteiger partial charge in [-0.1, -0.05) is 6.92 Å². The fourth-order valence-corrected chi connectivity index (χ4v) is 3.73. The van der Waals surface area contributed by atoms with Gasteiger partial charge in [0.05, 0.1) is 18.6 Å². The fourth-order valence-electron chi connectivity index (χ4n) is 1.84. The van der Waals surface area contributed by atoms with Crippen LogP contribution in [0.25, 0.3) is 0 Å². The van der Waals surface area contributed by atoms with Crippen LogP contribution >= 0.6 is 12.4 Å². The lowest BCUT2D eigenvalue weighted by molar-refractivity contribution is 0.414. The van der Waals surface area contributed by atoms with Gasteiger partial charge in [-0.05, 0) is 32.0 Å². The minimum Gasteiger partial charge on any atom is -0.497 e. The van der Waals surface area contributed by atoms with Gasteiger partial charge in [0.2, 0.25) is 20.0 Å².